The molecule has 3 rings (SSSR count). The molecule has 190 valence electrons. The van der Waals surface area contributed by atoms with E-state index in [1.807, 2.05) is 50.2 Å². The monoisotopic (exact) mass is 481 g/mol. The Morgan fingerprint density at radius 3 is 1.94 bits per heavy atom. The number of hydrogen-bond acceptors (Lipinski definition) is 7. The van der Waals surface area contributed by atoms with E-state index in [1.54, 1.807) is 12.1 Å². The molecule has 2 atom stereocenters. The van der Waals surface area contributed by atoms with Gasteiger partial charge in [-0.3, -0.25) is 0 Å². The van der Waals surface area contributed by atoms with E-state index < -0.39 is 20.2 Å². The number of methoxy groups -OCH3 is 2. The number of ether oxygens (including phenoxy) is 5. The molecule has 1 saturated heterocycles. The molecule has 34 heavy (non-hydrogen) atoms. The summed E-state index contributed by atoms with van der Waals surface area (Å²) < 4.78 is 67.0. The van der Waals surface area contributed by atoms with Crippen LogP contribution >= 0.6 is 0 Å². The average molecular weight is 482 g/mol. The van der Waals surface area contributed by atoms with Crippen LogP contribution in [0.5, 0.6) is 11.5 Å². The smallest absolute Gasteiger partial charge is 0.119 e. The van der Waals surface area contributed by atoms with Crippen molar-refractivity contribution in [1.82, 2.24) is 5.32 Å². The van der Waals surface area contributed by atoms with Crippen molar-refractivity contribution in [2.45, 2.75) is 44.9 Å². The third-order valence-corrected chi connectivity index (χ3v) is 4.87. The molecule has 0 radical (unpaired) electrons. The van der Waals surface area contributed by atoms with Crippen LogP contribution < -0.4 is 14.8 Å². The minimum atomic E-state index is -2.34. The molecular weight excluding hydrogens is 434 g/mol. The number of epoxide rings is 1. The van der Waals surface area contributed by atoms with Crippen molar-refractivity contribution >= 4 is 0 Å². The minimum absolute atomic E-state index is 0.149. The maximum atomic E-state index is 9.75. The number of rotatable bonds is 15. The Kier molecular flexibility index (Phi) is 9.72. The fraction of sp³-hybridized carbons (Fsp3) is 0.556. The lowest BCUT2D eigenvalue weighted by atomic mass is 10.1. The molecule has 2 aromatic carbocycles. The fourth-order valence-corrected chi connectivity index (χ4v) is 2.82. The molecule has 7 heteroatoms. The second-order valence-corrected chi connectivity index (χ2v) is 8.28. The fourth-order valence-electron chi connectivity index (χ4n) is 2.82. The van der Waals surface area contributed by atoms with Gasteiger partial charge >= 0.3 is 0 Å². The molecule has 0 aromatic heterocycles. The first-order chi connectivity index (χ1) is 18.8. The van der Waals surface area contributed by atoms with Crippen LogP contribution in [0.1, 0.15) is 33.2 Å². The zero-order chi connectivity index (χ0) is 29.6. The van der Waals surface area contributed by atoms with Crippen molar-refractivity contribution in [3.63, 3.8) is 0 Å². The summed E-state index contributed by atoms with van der Waals surface area (Å²) in [4.78, 5) is 0. The summed E-state index contributed by atoms with van der Waals surface area (Å²) in [6.45, 7) is 6.45. The maximum absolute atomic E-state index is 9.75. The van der Waals surface area contributed by atoms with Gasteiger partial charge in [0.2, 0.25) is 0 Å². The van der Waals surface area contributed by atoms with E-state index in [1.165, 1.54) is 0 Å². The van der Waals surface area contributed by atoms with Crippen LogP contribution in [0.3, 0.4) is 0 Å². The normalized spacial score (nSPS) is 18.8. The Hall–Kier alpha value is -2.16. The van der Waals surface area contributed by atoms with Gasteiger partial charge in [0, 0.05) is 26.7 Å². The van der Waals surface area contributed by atoms with Crippen LogP contribution in [-0.4, -0.2) is 77.0 Å². The Morgan fingerprint density at radius 1 is 0.941 bits per heavy atom. The summed E-state index contributed by atoms with van der Waals surface area (Å²) in [5, 5.41) is 12.9. The lowest BCUT2D eigenvalue weighted by molar-refractivity contribution is 0.104. The summed E-state index contributed by atoms with van der Waals surface area (Å²) in [7, 11) is -4.66. The maximum Gasteiger partial charge on any atom is 0.119 e. The van der Waals surface area contributed by atoms with E-state index in [0.29, 0.717) is 37.8 Å². The Balaban J connectivity index is 0.000000285. The van der Waals surface area contributed by atoms with Gasteiger partial charge in [-0.2, -0.15) is 0 Å². The number of nitrogens with one attached hydrogen (secondary N) is 1. The van der Waals surface area contributed by atoms with E-state index in [-0.39, 0.29) is 25.9 Å². The van der Waals surface area contributed by atoms with Crippen molar-refractivity contribution in [3.05, 3.63) is 59.7 Å². The minimum Gasteiger partial charge on any atom is -0.491 e. The van der Waals surface area contributed by atoms with Gasteiger partial charge in [0.05, 0.1) is 28.0 Å². The molecule has 2 aromatic rings. The van der Waals surface area contributed by atoms with E-state index >= 15 is 0 Å². The molecule has 1 aliphatic rings. The Labute approximate surface area is 212 Å². The zero-order valence-electron chi connectivity index (χ0n) is 26.0. The van der Waals surface area contributed by atoms with Gasteiger partial charge in [-0.25, -0.2) is 0 Å². The van der Waals surface area contributed by atoms with Crippen LogP contribution in [0.4, 0.5) is 0 Å². The first-order valence-corrected chi connectivity index (χ1v) is 11.5. The average Bonchev–Trinajstić information content (AvgIpc) is 3.70. The van der Waals surface area contributed by atoms with Crippen LogP contribution in [0.15, 0.2) is 48.5 Å². The molecule has 0 bridgehead atoms. The molecule has 0 amide bonds. The number of benzene rings is 2. The highest BCUT2D eigenvalue weighted by Gasteiger charge is 2.22. The second-order valence-electron chi connectivity index (χ2n) is 8.28. The third kappa shape index (κ3) is 12.9. The molecule has 1 heterocycles. The summed E-state index contributed by atoms with van der Waals surface area (Å²) >= 11 is 0. The van der Waals surface area contributed by atoms with Gasteiger partial charge in [0.15, 0.2) is 0 Å². The van der Waals surface area contributed by atoms with Crippen LogP contribution in [0, 0.1) is 0 Å². The lowest BCUT2D eigenvalue weighted by Crippen LogP contribution is -2.35. The number of aliphatic hydroxyl groups is 1. The molecule has 1 fully saturated rings. The highest BCUT2D eigenvalue weighted by molar-refractivity contribution is 5.28. The van der Waals surface area contributed by atoms with Gasteiger partial charge in [-0.15, -0.1) is 0 Å². The number of hydrogen-bond donors (Lipinski definition) is 2. The van der Waals surface area contributed by atoms with Crippen molar-refractivity contribution < 1.29 is 37.0 Å². The van der Waals surface area contributed by atoms with Gasteiger partial charge < -0.3 is 34.1 Å². The van der Waals surface area contributed by atoms with Crippen molar-refractivity contribution in [2.75, 3.05) is 53.7 Å². The quantitative estimate of drug-likeness (QED) is 0.378. The first kappa shape index (κ1) is 20.1. The second kappa shape index (κ2) is 16.5. The molecule has 0 spiro atoms. The van der Waals surface area contributed by atoms with E-state index in [0.717, 1.165) is 23.5 Å². The van der Waals surface area contributed by atoms with Crippen molar-refractivity contribution in [1.29, 1.82) is 0 Å². The van der Waals surface area contributed by atoms with Crippen molar-refractivity contribution in [3.8, 4) is 11.5 Å². The van der Waals surface area contributed by atoms with Gasteiger partial charge in [0.25, 0.3) is 0 Å². The molecule has 2 unspecified atom stereocenters. The molecular formula is C27H41NO6. The SMILES string of the molecule is [2H]C([2H])([2H])OCCc1ccc(OCC(O)CNC(C)C)cc1.[2H]C([2H])([2H])OCCc1ccc(OCC2CO2)cc1. The Bertz CT molecular complexity index is 950. The highest BCUT2D eigenvalue weighted by Crippen LogP contribution is 2.16. The summed E-state index contributed by atoms with van der Waals surface area (Å²) in [6, 6.07) is 15.2. The topological polar surface area (TPSA) is 81.7 Å². The Morgan fingerprint density at radius 2 is 1.47 bits per heavy atom. The summed E-state index contributed by atoms with van der Waals surface area (Å²) in [5.74, 6) is 1.47. The standard InChI is InChI=1S/C15H25NO3.C12H16O3/c1-12(2)16-10-14(17)11-19-15-6-4-13(5-7-15)8-9-18-3;1-13-7-6-10-2-4-11(5-3-10)14-8-12-9-15-12/h4-7,12,14,16-17H,8-11H2,1-3H3;2-5,12H,6-9H2,1H3/i3D3;1D3. The van der Waals surface area contributed by atoms with Crippen molar-refractivity contribution in [2.24, 2.45) is 0 Å². The van der Waals surface area contributed by atoms with E-state index in [4.69, 9.17) is 31.9 Å². The van der Waals surface area contributed by atoms with E-state index in [9.17, 15) is 5.11 Å². The van der Waals surface area contributed by atoms with Crippen LogP contribution in [0.25, 0.3) is 0 Å². The third-order valence-electron chi connectivity index (χ3n) is 4.87. The van der Waals surface area contributed by atoms with Gasteiger partial charge in [0.1, 0.15) is 36.9 Å². The molecule has 1 aliphatic heterocycles. The summed E-state index contributed by atoms with van der Waals surface area (Å²) in [5.41, 5.74) is 1.99. The van der Waals surface area contributed by atoms with Gasteiger partial charge in [-0.05, 0) is 48.2 Å². The van der Waals surface area contributed by atoms with Crippen LogP contribution in [0.2, 0.25) is 0 Å². The number of aliphatic hydroxyl groups excluding tert-OH is 1. The zero-order valence-corrected chi connectivity index (χ0v) is 20.0. The largest absolute Gasteiger partial charge is 0.491 e. The highest BCUT2D eigenvalue weighted by atomic mass is 16.6. The molecule has 7 nitrogen and oxygen atoms in total. The molecule has 2 N–H and O–H groups in total. The molecule has 0 aliphatic carbocycles. The van der Waals surface area contributed by atoms with Crippen LogP contribution in [-0.2, 0) is 27.1 Å². The molecule has 0 saturated carbocycles. The summed E-state index contributed by atoms with van der Waals surface area (Å²) in [6.07, 6.45) is 0.788. The predicted octanol–water partition coefficient (Wildman–Crippen LogP) is 3.27. The van der Waals surface area contributed by atoms with Gasteiger partial charge in [-0.1, -0.05) is 38.1 Å². The first-order valence-electron chi connectivity index (χ1n) is 14.5. The lowest BCUT2D eigenvalue weighted by Gasteiger charge is -2.15. The predicted molar refractivity (Wildman–Crippen MR) is 134 cm³/mol. The van der Waals surface area contributed by atoms with E-state index in [2.05, 4.69) is 5.32 Å².